The van der Waals surface area contributed by atoms with Gasteiger partial charge in [-0.15, -0.1) is 0 Å². The van der Waals surface area contributed by atoms with Crippen LogP contribution in [0.4, 0.5) is 5.95 Å². The molecule has 0 spiro atoms. The van der Waals surface area contributed by atoms with Crippen molar-refractivity contribution in [2.24, 2.45) is 7.05 Å². The van der Waals surface area contributed by atoms with Gasteiger partial charge in [0.05, 0.1) is 5.69 Å². The van der Waals surface area contributed by atoms with Crippen molar-refractivity contribution in [2.75, 3.05) is 12.4 Å². The number of rotatable bonds is 4. The number of aryl methyl sites for hydroxylation is 4. The van der Waals surface area contributed by atoms with Crippen molar-refractivity contribution in [3.05, 3.63) is 24.0 Å². The largest absolute Gasteiger partial charge is 0.359 e. The van der Waals surface area contributed by atoms with Gasteiger partial charge in [-0.1, -0.05) is 0 Å². The predicted octanol–water partition coefficient (Wildman–Crippen LogP) is 0.604. The monoisotopic (exact) mass is 220 g/mol. The lowest BCUT2D eigenvalue weighted by molar-refractivity contribution is 0.663. The van der Waals surface area contributed by atoms with Gasteiger partial charge in [0.1, 0.15) is 6.33 Å². The number of anilines is 1. The number of nitrogens with one attached hydrogen (secondary N) is 1. The summed E-state index contributed by atoms with van der Waals surface area (Å²) in [5.41, 5.74) is 1.01. The summed E-state index contributed by atoms with van der Waals surface area (Å²) in [5.74, 6) is 1.74. The summed E-state index contributed by atoms with van der Waals surface area (Å²) in [6.07, 6.45) is 4.55. The zero-order valence-corrected chi connectivity index (χ0v) is 9.80. The van der Waals surface area contributed by atoms with Gasteiger partial charge in [-0.3, -0.25) is 4.68 Å². The zero-order valence-electron chi connectivity index (χ0n) is 9.80. The van der Waals surface area contributed by atoms with Gasteiger partial charge in [0.25, 0.3) is 0 Å². The summed E-state index contributed by atoms with van der Waals surface area (Å²) in [7, 11) is 3.74. The molecule has 6 nitrogen and oxygen atoms in total. The third-order valence-electron chi connectivity index (χ3n) is 2.34. The quantitative estimate of drug-likeness (QED) is 0.820. The Bertz CT molecular complexity index is 469. The molecule has 2 aromatic rings. The fourth-order valence-electron chi connectivity index (χ4n) is 1.64. The molecule has 0 atom stereocenters. The van der Waals surface area contributed by atoms with E-state index in [1.165, 1.54) is 0 Å². The second-order valence-electron chi connectivity index (χ2n) is 3.73. The number of imidazole rings is 1. The molecule has 0 fully saturated rings. The van der Waals surface area contributed by atoms with Gasteiger partial charge in [-0.25, -0.2) is 9.97 Å². The van der Waals surface area contributed by atoms with Gasteiger partial charge >= 0.3 is 0 Å². The molecular formula is C10H16N6. The molecule has 1 N–H and O–H groups in total. The zero-order chi connectivity index (χ0) is 11.5. The summed E-state index contributed by atoms with van der Waals surface area (Å²) >= 11 is 0. The van der Waals surface area contributed by atoms with Crippen LogP contribution in [0.1, 0.15) is 11.5 Å². The van der Waals surface area contributed by atoms with Crippen LogP contribution < -0.4 is 5.32 Å². The van der Waals surface area contributed by atoms with Crippen molar-refractivity contribution in [3.63, 3.8) is 0 Å². The van der Waals surface area contributed by atoms with E-state index in [0.717, 1.165) is 30.4 Å². The highest BCUT2D eigenvalue weighted by Crippen LogP contribution is 2.08. The smallest absolute Gasteiger partial charge is 0.202 e. The molecule has 0 aliphatic rings. The Morgan fingerprint density at radius 3 is 2.88 bits per heavy atom. The van der Waals surface area contributed by atoms with Gasteiger partial charge in [0.15, 0.2) is 5.82 Å². The fourth-order valence-corrected chi connectivity index (χ4v) is 1.64. The molecule has 0 aliphatic heterocycles. The normalized spacial score (nSPS) is 10.7. The summed E-state index contributed by atoms with van der Waals surface area (Å²) in [6.45, 7) is 2.82. The van der Waals surface area contributed by atoms with Crippen LogP contribution in [0.3, 0.4) is 0 Å². The van der Waals surface area contributed by atoms with E-state index in [2.05, 4.69) is 25.0 Å². The van der Waals surface area contributed by atoms with Crippen LogP contribution in [0, 0.1) is 6.92 Å². The molecule has 2 rings (SSSR count). The van der Waals surface area contributed by atoms with E-state index < -0.39 is 0 Å². The minimum Gasteiger partial charge on any atom is -0.359 e. The van der Waals surface area contributed by atoms with E-state index in [-0.39, 0.29) is 0 Å². The second kappa shape index (κ2) is 4.34. The maximum atomic E-state index is 4.35. The van der Waals surface area contributed by atoms with E-state index in [1.54, 1.807) is 11.0 Å². The minimum atomic E-state index is 0.811. The van der Waals surface area contributed by atoms with Crippen LogP contribution in [0.15, 0.2) is 12.5 Å². The molecule has 0 unspecified atom stereocenters. The highest BCUT2D eigenvalue weighted by molar-refractivity contribution is 5.27. The first kappa shape index (κ1) is 10.7. The molecule has 2 aromatic heterocycles. The first-order valence-corrected chi connectivity index (χ1v) is 5.25. The molecule has 0 saturated heterocycles. The standard InChI is InChI=1S/C10H16N6/c1-8-6-16(10(11-2)13-8)5-4-9-12-7-15(3)14-9/h6-7H,4-5H2,1-3H3,(H,11,13). The Morgan fingerprint density at radius 1 is 1.44 bits per heavy atom. The molecule has 0 amide bonds. The van der Waals surface area contributed by atoms with Crippen LogP contribution >= 0.6 is 0 Å². The van der Waals surface area contributed by atoms with Gasteiger partial charge in [-0.2, -0.15) is 5.10 Å². The topological polar surface area (TPSA) is 60.6 Å². The SMILES string of the molecule is CNc1nc(C)cn1CCc1ncn(C)n1. The van der Waals surface area contributed by atoms with Crippen molar-refractivity contribution in [1.82, 2.24) is 24.3 Å². The maximum absolute atomic E-state index is 4.35. The van der Waals surface area contributed by atoms with E-state index in [4.69, 9.17) is 0 Å². The average Bonchev–Trinajstić information content (AvgIpc) is 2.81. The van der Waals surface area contributed by atoms with Crippen molar-refractivity contribution in [3.8, 4) is 0 Å². The summed E-state index contributed by atoms with van der Waals surface area (Å²) in [4.78, 5) is 8.54. The van der Waals surface area contributed by atoms with Crippen LogP contribution in [0.2, 0.25) is 0 Å². The Morgan fingerprint density at radius 2 is 2.25 bits per heavy atom. The van der Waals surface area contributed by atoms with Gasteiger partial charge in [-0.05, 0) is 6.92 Å². The molecule has 0 bridgehead atoms. The lowest BCUT2D eigenvalue weighted by Gasteiger charge is -2.04. The van der Waals surface area contributed by atoms with E-state index in [0.29, 0.717) is 0 Å². The Labute approximate surface area is 94.3 Å². The third kappa shape index (κ3) is 2.21. The van der Waals surface area contributed by atoms with Crippen LogP contribution in [0.5, 0.6) is 0 Å². The first-order valence-electron chi connectivity index (χ1n) is 5.25. The maximum Gasteiger partial charge on any atom is 0.202 e. The fraction of sp³-hybridized carbons (Fsp3) is 0.500. The van der Waals surface area contributed by atoms with Crippen molar-refractivity contribution >= 4 is 5.95 Å². The molecule has 0 aromatic carbocycles. The van der Waals surface area contributed by atoms with E-state index in [1.807, 2.05) is 27.2 Å². The second-order valence-corrected chi connectivity index (χ2v) is 3.73. The molecule has 0 aliphatic carbocycles. The van der Waals surface area contributed by atoms with Gasteiger partial charge < -0.3 is 9.88 Å². The van der Waals surface area contributed by atoms with Gasteiger partial charge in [0.2, 0.25) is 5.95 Å². The Balaban J connectivity index is 2.04. The molecule has 0 radical (unpaired) electrons. The van der Waals surface area contributed by atoms with E-state index >= 15 is 0 Å². The number of hydrogen-bond donors (Lipinski definition) is 1. The van der Waals surface area contributed by atoms with Crippen molar-refractivity contribution < 1.29 is 0 Å². The predicted molar refractivity (Wildman–Crippen MR) is 61.2 cm³/mol. The highest BCUT2D eigenvalue weighted by Gasteiger charge is 2.05. The molecule has 6 heteroatoms. The molecule has 2 heterocycles. The summed E-state index contributed by atoms with van der Waals surface area (Å²) < 4.78 is 3.79. The van der Waals surface area contributed by atoms with Crippen LogP contribution in [0.25, 0.3) is 0 Å². The molecule has 86 valence electrons. The minimum absolute atomic E-state index is 0.811. The summed E-state index contributed by atoms with van der Waals surface area (Å²) in [5, 5.41) is 7.30. The molecule has 0 saturated carbocycles. The first-order chi connectivity index (χ1) is 7.69. The summed E-state index contributed by atoms with van der Waals surface area (Å²) in [6, 6.07) is 0. The highest BCUT2D eigenvalue weighted by atomic mass is 15.3. The molecular weight excluding hydrogens is 204 g/mol. The lowest BCUT2D eigenvalue weighted by atomic mass is 10.4. The van der Waals surface area contributed by atoms with E-state index in [9.17, 15) is 0 Å². The lowest BCUT2D eigenvalue weighted by Crippen LogP contribution is -2.06. The number of nitrogens with zero attached hydrogens (tertiary/aromatic N) is 5. The van der Waals surface area contributed by atoms with Crippen molar-refractivity contribution in [2.45, 2.75) is 19.9 Å². The van der Waals surface area contributed by atoms with Gasteiger partial charge in [0, 0.05) is 33.3 Å². The average molecular weight is 220 g/mol. The van der Waals surface area contributed by atoms with Crippen molar-refractivity contribution in [1.29, 1.82) is 0 Å². The molecule has 16 heavy (non-hydrogen) atoms. The van der Waals surface area contributed by atoms with Crippen LogP contribution in [-0.4, -0.2) is 31.4 Å². The third-order valence-corrected chi connectivity index (χ3v) is 2.34. The number of hydrogen-bond acceptors (Lipinski definition) is 4. The Hall–Kier alpha value is -1.85. The Kier molecular flexibility index (Phi) is 2.89. The number of aromatic nitrogens is 5. The van der Waals surface area contributed by atoms with Crippen LogP contribution in [-0.2, 0) is 20.0 Å².